The molecule has 0 spiro atoms. The molecule has 0 saturated heterocycles. The lowest BCUT2D eigenvalue weighted by molar-refractivity contribution is -0.121. The summed E-state index contributed by atoms with van der Waals surface area (Å²) < 4.78 is 5.18. The first-order valence-electron chi connectivity index (χ1n) is 9.78. The van der Waals surface area contributed by atoms with Crippen molar-refractivity contribution in [1.82, 2.24) is 35.5 Å². The van der Waals surface area contributed by atoms with Crippen LogP contribution in [0.5, 0.6) is 0 Å². The standard InChI is InChI=1S/C20H25N7O2/c1-20(2,27-10-9-14-5-3-4-6-15(14)11-27)12-21-16(28)7-8-17-24-19(26-29-17)18-22-13-23-25-18/h3-6,13H,7-12H2,1-2H3,(H,21,28)(H,22,23,25). The van der Waals surface area contributed by atoms with Crippen LogP contribution in [-0.4, -0.2) is 54.8 Å². The van der Waals surface area contributed by atoms with Crippen molar-refractivity contribution in [3.63, 3.8) is 0 Å². The summed E-state index contributed by atoms with van der Waals surface area (Å²) in [5.74, 6) is 1.15. The van der Waals surface area contributed by atoms with Gasteiger partial charge >= 0.3 is 0 Å². The molecule has 1 amide bonds. The highest BCUT2D eigenvalue weighted by Crippen LogP contribution is 2.25. The van der Waals surface area contributed by atoms with Crippen molar-refractivity contribution in [2.45, 2.75) is 45.2 Å². The largest absolute Gasteiger partial charge is 0.354 e. The van der Waals surface area contributed by atoms with E-state index in [1.807, 2.05) is 0 Å². The van der Waals surface area contributed by atoms with Crippen LogP contribution in [0.1, 0.15) is 37.3 Å². The fraction of sp³-hybridized carbons (Fsp3) is 0.450. The normalized spacial score (nSPS) is 14.6. The summed E-state index contributed by atoms with van der Waals surface area (Å²) in [6, 6.07) is 8.57. The van der Waals surface area contributed by atoms with Crippen LogP contribution in [0.2, 0.25) is 0 Å². The number of benzene rings is 1. The van der Waals surface area contributed by atoms with Gasteiger partial charge in [0.1, 0.15) is 6.33 Å². The molecule has 29 heavy (non-hydrogen) atoms. The Balaban J connectivity index is 1.26. The Morgan fingerprint density at radius 2 is 2.14 bits per heavy atom. The SMILES string of the molecule is CC(C)(CNC(=O)CCc1nc(-c2ncn[nH]2)no1)N1CCc2ccccc2C1. The third-order valence-electron chi connectivity index (χ3n) is 5.37. The van der Waals surface area contributed by atoms with E-state index in [9.17, 15) is 4.79 Å². The maximum atomic E-state index is 12.3. The minimum atomic E-state index is -0.132. The topological polar surface area (TPSA) is 113 Å². The molecule has 152 valence electrons. The molecule has 0 aliphatic carbocycles. The van der Waals surface area contributed by atoms with Gasteiger partial charge in [0, 0.05) is 38.0 Å². The lowest BCUT2D eigenvalue weighted by Crippen LogP contribution is -2.53. The van der Waals surface area contributed by atoms with E-state index >= 15 is 0 Å². The highest BCUT2D eigenvalue weighted by atomic mass is 16.5. The first kappa shape index (κ1) is 19.3. The van der Waals surface area contributed by atoms with Gasteiger partial charge in [-0.15, -0.1) is 0 Å². The number of nitrogens with one attached hydrogen (secondary N) is 2. The van der Waals surface area contributed by atoms with Crippen LogP contribution in [0.25, 0.3) is 11.6 Å². The Labute approximate surface area is 168 Å². The van der Waals surface area contributed by atoms with Gasteiger partial charge in [-0.2, -0.15) is 10.1 Å². The molecule has 0 unspecified atom stereocenters. The van der Waals surface area contributed by atoms with Crippen LogP contribution < -0.4 is 5.32 Å². The van der Waals surface area contributed by atoms with Gasteiger partial charge in [-0.1, -0.05) is 29.4 Å². The molecule has 0 bridgehead atoms. The van der Waals surface area contributed by atoms with Gasteiger partial charge in [0.05, 0.1) is 0 Å². The van der Waals surface area contributed by atoms with Crippen LogP contribution in [-0.2, 0) is 24.2 Å². The van der Waals surface area contributed by atoms with Crippen molar-refractivity contribution in [3.05, 3.63) is 47.6 Å². The van der Waals surface area contributed by atoms with Gasteiger partial charge in [-0.3, -0.25) is 14.8 Å². The molecule has 1 aliphatic rings. The summed E-state index contributed by atoms with van der Waals surface area (Å²) in [7, 11) is 0. The van der Waals surface area contributed by atoms with Crippen LogP contribution in [0.15, 0.2) is 35.1 Å². The Morgan fingerprint density at radius 3 is 2.93 bits per heavy atom. The van der Waals surface area contributed by atoms with Gasteiger partial charge in [-0.05, 0) is 31.4 Å². The number of aryl methyl sites for hydroxylation is 1. The van der Waals surface area contributed by atoms with E-state index in [1.54, 1.807) is 0 Å². The zero-order chi connectivity index (χ0) is 20.3. The number of aromatic nitrogens is 5. The van der Waals surface area contributed by atoms with E-state index in [4.69, 9.17) is 4.52 Å². The van der Waals surface area contributed by atoms with Gasteiger partial charge in [-0.25, -0.2) is 4.98 Å². The smallest absolute Gasteiger partial charge is 0.239 e. The Kier molecular flexibility index (Phi) is 5.39. The number of hydrogen-bond acceptors (Lipinski definition) is 7. The maximum absolute atomic E-state index is 12.3. The molecule has 3 heterocycles. The van der Waals surface area contributed by atoms with Crippen molar-refractivity contribution in [2.75, 3.05) is 13.1 Å². The highest BCUT2D eigenvalue weighted by molar-refractivity contribution is 5.76. The minimum Gasteiger partial charge on any atom is -0.354 e. The molecular weight excluding hydrogens is 370 g/mol. The predicted octanol–water partition coefficient (Wildman–Crippen LogP) is 1.74. The first-order valence-corrected chi connectivity index (χ1v) is 9.78. The molecule has 0 fully saturated rings. The molecule has 0 radical (unpaired) electrons. The number of fused-ring (bicyclic) bond motifs is 1. The Bertz CT molecular complexity index is 965. The number of carbonyl (C=O) groups is 1. The molecule has 0 saturated carbocycles. The molecular formula is C20H25N7O2. The monoisotopic (exact) mass is 395 g/mol. The Hall–Kier alpha value is -3.07. The Morgan fingerprint density at radius 1 is 1.31 bits per heavy atom. The van der Waals surface area contributed by atoms with E-state index in [2.05, 4.69) is 73.7 Å². The zero-order valence-electron chi connectivity index (χ0n) is 16.7. The molecule has 1 aromatic carbocycles. The first-order chi connectivity index (χ1) is 14.0. The van der Waals surface area contributed by atoms with E-state index in [1.165, 1.54) is 17.5 Å². The second-order valence-electron chi connectivity index (χ2n) is 7.88. The van der Waals surface area contributed by atoms with Crippen molar-refractivity contribution < 1.29 is 9.32 Å². The summed E-state index contributed by atoms with van der Waals surface area (Å²) in [4.78, 5) is 23.0. The average Bonchev–Trinajstić information content (AvgIpc) is 3.42. The molecule has 2 aromatic heterocycles. The van der Waals surface area contributed by atoms with Crippen LogP contribution >= 0.6 is 0 Å². The predicted molar refractivity (Wildman–Crippen MR) is 106 cm³/mol. The second-order valence-corrected chi connectivity index (χ2v) is 7.88. The summed E-state index contributed by atoms with van der Waals surface area (Å²) >= 11 is 0. The molecule has 1 aliphatic heterocycles. The van der Waals surface area contributed by atoms with E-state index < -0.39 is 0 Å². The van der Waals surface area contributed by atoms with Crippen molar-refractivity contribution in [3.8, 4) is 11.6 Å². The van der Waals surface area contributed by atoms with E-state index in [0.29, 0.717) is 30.5 Å². The van der Waals surface area contributed by atoms with E-state index in [-0.39, 0.29) is 17.9 Å². The van der Waals surface area contributed by atoms with Crippen LogP contribution in [0.3, 0.4) is 0 Å². The van der Waals surface area contributed by atoms with Gasteiger partial charge in [0.25, 0.3) is 0 Å². The zero-order valence-corrected chi connectivity index (χ0v) is 16.7. The lowest BCUT2D eigenvalue weighted by Gasteiger charge is -2.41. The molecule has 0 atom stereocenters. The number of nitrogens with zero attached hydrogens (tertiary/aromatic N) is 5. The molecule has 4 rings (SSSR count). The minimum absolute atomic E-state index is 0.0325. The lowest BCUT2D eigenvalue weighted by atomic mass is 9.94. The number of H-pyrrole nitrogens is 1. The van der Waals surface area contributed by atoms with Crippen LogP contribution in [0.4, 0.5) is 0 Å². The number of amides is 1. The van der Waals surface area contributed by atoms with E-state index in [0.717, 1.165) is 19.5 Å². The third-order valence-corrected chi connectivity index (χ3v) is 5.37. The second kappa shape index (κ2) is 8.12. The van der Waals surface area contributed by atoms with Gasteiger partial charge < -0.3 is 9.84 Å². The fourth-order valence-corrected chi connectivity index (χ4v) is 3.51. The highest BCUT2D eigenvalue weighted by Gasteiger charge is 2.30. The summed E-state index contributed by atoms with van der Waals surface area (Å²) in [5.41, 5.74) is 2.66. The van der Waals surface area contributed by atoms with Gasteiger partial charge in [0.2, 0.25) is 17.6 Å². The van der Waals surface area contributed by atoms with Crippen LogP contribution in [0, 0.1) is 0 Å². The number of aromatic amines is 1. The average molecular weight is 395 g/mol. The summed E-state index contributed by atoms with van der Waals surface area (Å²) in [5, 5.41) is 13.3. The maximum Gasteiger partial charge on any atom is 0.239 e. The fourth-order valence-electron chi connectivity index (χ4n) is 3.51. The van der Waals surface area contributed by atoms with Crippen molar-refractivity contribution in [1.29, 1.82) is 0 Å². The summed E-state index contributed by atoms with van der Waals surface area (Å²) in [6.07, 6.45) is 3.08. The molecule has 2 N–H and O–H groups in total. The molecule has 9 nitrogen and oxygen atoms in total. The number of carbonyl (C=O) groups excluding carboxylic acids is 1. The third kappa shape index (κ3) is 4.51. The number of rotatable bonds is 7. The van der Waals surface area contributed by atoms with Crippen molar-refractivity contribution in [2.24, 2.45) is 0 Å². The van der Waals surface area contributed by atoms with Crippen molar-refractivity contribution >= 4 is 5.91 Å². The van der Waals surface area contributed by atoms with Gasteiger partial charge in [0.15, 0.2) is 5.82 Å². The molecule has 3 aromatic rings. The summed E-state index contributed by atoms with van der Waals surface area (Å²) in [6.45, 7) is 6.82. The quantitative estimate of drug-likeness (QED) is 0.626. The molecule has 9 heteroatoms. The number of hydrogen-bond donors (Lipinski definition) is 2.